The molecule has 0 saturated carbocycles. The zero-order valence-electron chi connectivity index (χ0n) is 18.1. The number of carbonyl (C=O) groups is 2. The number of nitrogens with one attached hydrogen (secondary N) is 1. The van der Waals surface area contributed by atoms with Crippen LogP contribution in [-0.2, 0) is 20.9 Å². The molecule has 3 aromatic rings. The number of rotatable bonds is 4. The molecule has 160 valence electrons. The number of ether oxygens (including phenoxy) is 1. The summed E-state index contributed by atoms with van der Waals surface area (Å²) < 4.78 is 5.75. The van der Waals surface area contributed by atoms with Crippen LogP contribution in [0.15, 0.2) is 95.3 Å². The molecule has 1 heterocycles. The van der Waals surface area contributed by atoms with Crippen molar-refractivity contribution in [1.29, 1.82) is 0 Å². The minimum atomic E-state index is -0.437. The standard InChI is InChI=1S/C28H25NO3/c1-18-25(28(31)32-17-19-9-3-2-4-10-19)26(27-23(29-18)15-8-16-24(27)30)22-14-7-12-20-11-5-6-13-21(20)22/h2-7,9-14,26,29H,8,15-17H2,1H3. The Kier molecular flexibility index (Phi) is 5.36. The third-order valence-electron chi connectivity index (χ3n) is 6.34. The summed E-state index contributed by atoms with van der Waals surface area (Å²) >= 11 is 0. The number of carbonyl (C=O) groups excluding carboxylic acids is 2. The lowest BCUT2D eigenvalue weighted by Crippen LogP contribution is -2.34. The van der Waals surface area contributed by atoms with Gasteiger partial charge in [-0.05, 0) is 41.7 Å². The predicted molar refractivity (Wildman–Crippen MR) is 125 cm³/mol. The molecule has 0 bridgehead atoms. The predicted octanol–water partition coefficient (Wildman–Crippen LogP) is 5.55. The zero-order chi connectivity index (χ0) is 22.1. The number of hydrogen-bond donors (Lipinski definition) is 1. The van der Waals surface area contributed by atoms with Gasteiger partial charge in [-0.25, -0.2) is 4.79 Å². The second-order valence-electron chi connectivity index (χ2n) is 8.40. The van der Waals surface area contributed by atoms with Gasteiger partial charge in [0.1, 0.15) is 6.61 Å². The number of esters is 1. The van der Waals surface area contributed by atoms with Crippen LogP contribution >= 0.6 is 0 Å². The van der Waals surface area contributed by atoms with E-state index in [9.17, 15) is 9.59 Å². The van der Waals surface area contributed by atoms with Crippen molar-refractivity contribution in [2.45, 2.75) is 38.7 Å². The molecule has 0 radical (unpaired) electrons. The number of fused-ring (bicyclic) bond motifs is 1. The molecule has 0 fully saturated rings. The maximum absolute atomic E-state index is 13.4. The molecule has 4 nitrogen and oxygen atoms in total. The van der Waals surface area contributed by atoms with Crippen LogP contribution in [0.5, 0.6) is 0 Å². The molecule has 1 aliphatic heterocycles. The molecular formula is C28H25NO3. The molecule has 1 aliphatic carbocycles. The lowest BCUT2D eigenvalue weighted by Gasteiger charge is -2.34. The van der Waals surface area contributed by atoms with Gasteiger partial charge in [0.25, 0.3) is 0 Å². The topological polar surface area (TPSA) is 55.4 Å². The number of dihydropyridines is 1. The fourth-order valence-electron chi connectivity index (χ4n) is 4.87. The summed E-state index contributed by atoms with van der Waals surface area (Å²) in [6.45, 7) is 2.10. The second kappa shape index (κ2) is 8.46. The molecule has 3 aromatic carbocycles. The molecule has 1 unspecified atom stereocenters. The van der Waals surface area contributed by atoms with E-state index in [0.29, 0.717) is 17.6 Å². The highest BCUT2D eigenvalue weighted by Crippen LogP contribution is 2.44. The SMILES string of the molecule is CC1=C(C(=O)OCc2ccccc2)C(c2cccc3ccccc23)C2=C(CCCC2=O)N1. The van der Waals surface area contributed by atoms with Crippen LogP contribution in [0, 0.1) is 0 Å². The van der Waals surface area contributed by atoms with E-state index in [0.717, 1.165) is 46.1 Å². The zero-order valence-corrected chi connectivity index (χ0v) is 18.1. The molecule has 1 N–H and O–H groups in total. The van der Waals surface area contributed by atoms with Crippen molar-refractivity contribution in [3.63, 3.8) is 0 Å². The van der Waals surface area contributed by atoms with Gasteiger partial charge < -0.3 is 10.1 Å². The Morgan fingerprint density at radius 3 is 2.56 bits per heavy atom. The monoisotopic (exact) mass is 423 g/mol. The van der Waals surface area contributed by atoms with Crippen molar-refractivity contribution < 1.29 is 14.3 Å². The van der Waals surface area contributed by atoms with Crippen molar-refractivity contribution in [3.05, 3.63) is 106 Å². The number of benzene rings is 3. The smallest absolute Gasteiger partial charge is 0.337 e. The molecule has 0 amide bonds. The Morgan fingerprint density at radius 2 is 1.72 bits per heavy atom. The Bertz CT molecular complexity index is 1260. The third-order valence-corrected chi connectivity index (χ3v) is 6.34. The first-order valence-electron chi connectivity index (χ1n) is 11.1. The van der Waals surface area contributed by atoms with Gasteiger partial charge in [0, 0.05) is 29.3 Å². The normalized spacial score (nSPS) is 18.4. The highest BCUT2D eigenvalue weighted by molar-refractivity contribution is 6.05. The Balaban J connectivity index is 1.61. The van der Waals surface area contributed by atoms with Gasteiger partial charge in [-0.1, -0.05) is 72.8 Å². The minimum absolute atomic E-state index is 0.109. The van der Waals surface area contributed by atoms with E-state index in [1.54, 1.807) is 0 Å². The average molecular weight is 424 g/mol. The number of ketones is 1. The molecular weight excluding hydrogens is 398 g/mol. The first-order chi connectivity index (χ1) is 15.6. The first-order valence-corrected chi connectivity index (χ1v) is 11.1. The number of hydrogen-bond acceptors (Lipinski definition) is 4. The van der Waals surface area contributed by atoms with E-state index < -0.39 is 5.92 Å². The minimum Gasteiger partial charge on any atom is -0.457 e. The molecule has 0 spiro atoms. The van der Waals surface area contributed by atoms with Gasteiger partial charge in [-0.3, -0.25) is 4.79 Å². The van der Waals surface area contributed by atoms with Crippen LogP contribution < -0.4 is 5.32 Å². The molecule has 4 heteroatoms. The van der Waals surface area contributed by atoms with E-state index >= 15 is 0 Å². The molecule has 0 saturated heterocycles. The van der Waals surface area contributed by atoms with E-state index in [4.69, 9.17) is 4.74 Å². The van der Waals surface area contributed by atoms with Crippen LogP contribution in [0.1, 0.15) is 43.2 Å². The third kappa shape index (κ3) is 3.62. The fraction of sp³-hybridized carbons (Fsp3) is 0.214. The summed E-state index contributed by atoms with van der Waals surface area (Å²) in [7, 11) is 0. The lowest BCUT2D eigenvalue weighted by molar-refractivity contribution is -0.140. The second-order valence-corrected chi connectivity index (χ2v) is 8.40. The molecule has 1 atom stereocenters. The van der Waals surface area contributed by atoms with Crippen molar-refractivity contribution in [3.8, 4) is 0 Å². The summed E-state index contributed by atoms with van der Waals surface area (Å²) in [5, 5.41) is 5.50. The van der Waals surface area contributed by atoms with E-state index in [-0.39, 0.29) is 18.4 Å². The molecule has 2 aliphatic rings. The van der Waals surface area contributed by atoms with Crippen LogP contribution in [-0.4, -0.2) is 11.8 Å². The van der Waals surface area contributed by atoms with E-state index in [1.807, 2.05) is 61.5 Å². The maximum Gasteiger partial charge on any atom is 0.337 e. The van der Waals surface area contributed by atoms with Crippen LogP contribution in [0.4, 0.5) is 0 Å². The Morgan fingerprint density at radius 1 is 0.969 bits per heavy atom. The van der Waals surface area contributed by atoms with Gasteiger partial charge in [0.15, 0.2) is 5.78 Å². The van der Waals surface area contributed by atoms with Crippen LogP contribution in [0.3, 0.4) is 0 Å². The summed E-state index contributed by atoms with van der Waals surface area (Å²) in [4.78, 5) is 26.6. The fourth-order valence-corrected chi connectivity index (χ4v) is 4.87. The first kappa shape index (κ1) is 20.3. The highest BCUT2D eigenvalue weighted by Gasteiger charge is 2.39. The van der Waals surface area contributed by atoms with Crippen molar-refractivity contribution >= 4 is 22.5 Å². The van der Waals surface area contributed by atoms with Gasteiger partial charge in [-0.15, -0.1) is 0 Å². The Labute approximate surface area is 187 Å². The van der Waals surface area contributed by atoms with Gasteiger partial charge in [0.2, 0.25) is 0 Å². The lowest BCUT2D eigenvalue weighted by atomic mass is 9.74. The van der Waals surface area contributed by atoms with Crippen LogP contribution in [0.2, 0.25) is 0 Å². The number of allylic oxidation sites excluding steroid dienone is 3. The maximum atomic E-state index is 13.4. The van der Waals surface area contributed by atoms with E-state index in [2.05, 4.69) is 23.5 Å². The summed E-state index contributed by atoms with van der Waals surface area (Å²) in [6, 6.07) is 23.8. The molecule has 5 rings (SSSR count). The van der Waals surface area contributed by atoms with Gasteiger partial charge in [-0.2, -0.15) is 0 Å². The van der Waals surface area contributed by atoms with Crippen LogP contribution in [0.25, 0.3) is 10.8 Å². The highest BCUT2D eigenvalue weighted by atomic mass is 16.5. The molecule has 32 heavy (non-hydrogen) atoms. The Hall–Kier alpha value is -3.66. The number of Topliss-reactive ketones (excluding diaryl/α,β-unsaturated/α-hetero) is 1. The largest absolute Gasteiger partial charge is 0.457 e. The summed E-state index contributed by atoms with van der Waals surface area (Å²) in [5.74, 6) is -0.715. The summed E-state index contributed by atoms with van der Waals surface area (Å²) in [6.07, 6.45) is 2.15. The van der Waals surface area contributed by atoms with Gasteiger partial charge >= 0.3 is 5.97 Å². The average Bonchev–Trinajstić information content (AvgIpc) is 2.82. The van der Waals surface area contributed by atoms with Gasteiger partial charge in [0.05, 0.1) is 5.57 Å². The molecule has 0 aromatic heterocycles. The van der Waals surface area contributed by atoms with Crippen molar-refractivity contribution in [2.24, 2.45) is 0 Å². The summed E-state index contributed by atoms with van der Waals surface area (Å²) in [5.41, 5.74) is 4.83. The quantitative estimate of drug-likeness (QED) is 0.559. The van der Waals surface area contributed by atoms with Crippen molar-refractivity contribution in [1.82, 2.24) is 5.32 Å². The van der Waals surface area contributed by atoms with Crippen molar-refractivity contribution in [2.75, 3.05) is 0 Å². The van der Waals surface area contributed by atoms with E-state index in [1.165, 1.54) is 0 Å².